The van der Waals surface area contributed by atoms with Crippen molar-refractivity contribution < 1.29 is 18.3 Å². The number of ether oxygens (including phenoxy) is 1. The number of pyridine rings is 1. The first kappa shape index (κ1) is 10.8. The van der Waals surface area contributed by atoms with Gasteiger partial charge >= 0.3 is 5.97 Å². The lowest BCUT2D eigenvalue weighted by Crippen LogP contribution is -2.06. The van der Waals surface area contributed by atoms with E-state index in [0.29, 0.717) is 5.69 Å². The van der Waals surface area contributed by atoms with Crippen molar-refractivity contribution in [2.75, 3.05) is 7.11 Å². The third kappa shape index (κ3) is 2.15. The van der Waals surface area contributed by atoms with Gasteiger partial charge in [0.15, 0.2) is 11.1 Å². The largest absolute Gasteiger partial charge is 0.465 e. The quantitative estimate of drug-likeness (QED) is 0.582. The summed E-state index contributed by atoms with van der Waals surface area (Å²) < 4.78 is 24.0. The molecule has 0 saturated carbocycles. The lowest BCUT2D eigenvalue weighted by atomic mass is 10.2. The van der Waals surface area contributed by atoms with Crippen LogP contribution in [0.25, 0.3) is 0 Å². The highest BCUT2D eigenvalue weighted by Crippen LogP contribution is 2.11. The molecule has 1 atom stereocenters. The Kier molecular flexibility index (Phi) is 3.32. The van der Waals surface area contributed by atoms with E-state index < -0.39 is 17.0 Å². The Morgan fingerprint density at radius 1 is 1.64 bits per heavy atom. The summed E-state index contributed by atoms with van der Waals surface area (Å²) in [6.45, 7) is 1.62. The second-order valence-electron chi connectivity index (χ2n) is 2.54. The molecule has 1 unspecified atom stereocenters. The van der Waals surface area contributed by atoms with Crippen molar-refractivity contribution >= 4 is 17.0 Å². The molecule has 1 N–H and O–H groups in total. The van der Waals surface area contributed by atoms with Gasteiger partial charge in [-0.05, 0) is 13.0 Å². The van der Waals surface area contributed by atoms with Crippen LogP contribution in [0.1, 0.15) is 16.1 Å². The molecule has 0 amide bonds. The first-order chi connectivity index (χ1) is 6.56. The van der Waals surface area contributed by atoms with Crippen LogP contribution in [-0.4, -0.2) is 26.8 Å². The molecule has 1 rings (SSSR count). The molecule has 0 aliphatic heterocycles. The zero-order chi connectivity index (χ0) is 10.7. The number of aromatic nitrogens is 1. The van der Waals surface area contributed by atoms with Crippen molar-refractivity contribution in [3.8, 4) is 0 Å². The molecule has 5 nitrogen and oxygen atoms in total. The fourth-order valence-corrected chi connectivity index (χ4v) is 1.29. The number of nitrogens with zero attached hydrogens (tertiary/aromatic N) is 1. The van der Waals surface area contributed by atoms with Gasteiger partial charge in [-0.25, -0.2) is 9.00 Å². The maximum absolute atomic E-state index is 11.2. The number of methoxy groups -OCH3 is 1. The Hall–Kier alpha value is -1.27. The molecule has 1 heterocycles. The van der Waals surface area contributed by atoms with Crippen molar-refractivity contribution in [1.29, 1.82) is 0 Å². The molecule has 0 radical (unpaired) electrons. The third-order valence-electron chi connectivity index (χ3n) is 1.67. The summed E-state index contributed by atoms with van der Waals surface area (Å²) in [5.41, 5.74) is 0.665. The molecular weight excluding hydrogens is 206 g/mol. The fraction of sp³-hybridized carbons (Fsp3) is 0.250. The van der Waals surface area contributed by atoms with E-state index in [1.165, 1.54) is 19.4 Å². The molecule has 0 spiro atoms. The summed E-state index contributed by atoms with van der Waals surface area (Å²) in [7, 11) is 1.24. The van der Waals surface area contributed by atoms with Crippen molar-refractivity contribution in [1.82, 2.24) is 4.98 Å². The maximum Gasteiger partial charge on any atom is 0.339 e. The van der Waals surface area contributed by atoms with E-state index in [9.17, 15) is 9.00 Å². The van der Waals surface area contributed by atoms with Gasteiger partial charge in [0.05, 0.1) is 23.3 Å². The normalized spacial score (nSPS) is 12.2. The Bertz CT molecular complexity index is 391. The van der Waals surface area contributed by atoms with Crippen LogP contribution < -0.4 is 0 Å². The number of rotatable bonds is 2. The van der Waals surface area contributed by atoms with Crippen LogP contribution in [0.4, 0.5) is 0 Å². The lowest BCUT2D eigenvalue weighted by molar-refractivity contribution is 0.0599. The fourth-order valence-electron chi connectivity index (χ4n) is 0.926. The Balaban J connectivity index is 3.21. The van der Waals surface area contributed by atoms with Gasteiger partial charge in [-0.15, -0.1) is 0 Å². The van der Waals surface area contributed by atoms with Crippen molar-refractivity contribution in [2.24, 2.45) is 0 Å². The van der Waals surface area contributed by atoms with E-state index in [-0.39, 0.29) is 10.5 Å². The molecule has 1 aromatic rings. The lowest BCUT2D eigenvalue weighted by Gasteiger charge is -2.03. The van der Waals surface area contributed by atoms with Crippen LogP contribution in [0.5, 0.6) is 0 Å². The number of hydrogen-bond acceptors (Lipinski definition) is 4. The Labute approximate surface area is 83.4 Å². The minimum Gasteiger partial charge on any atom is -0.465 e. The first-order valence-electron chi connectivity index (χ1n) is 3.72. The molecule has 14 heavy (non-hydrogen) atoms. The number of carbonyl (C=O) groups excluding carboxylic acids is 1. The minimum absolute atomic E-state index is 0.0796. The van der Waals surface area contributed by atoms with Crippen LogP contribution in [0.2, 0.25) is 0 Å². The maximum atomic E-state index is 11.2. The Morgan fingerprint density at radius 2 is 2.29 bits per heavy atom. The summed E-state index contributed by atoms with van der Waals surface area (Å²) in [5, 5.41) is 0. The number of hydrogen-bond donors (Lipinski definition) is 1. The summed E-state index contributed by atoms with van der Waals surface area (Å²) in [6.07, 6.45) is 1.25. The highest BCUT2D eigenvalue weighted by Gasteiger charge is 2.12. The standard InChI is InChI=1S/C8H9NO4S/c1-5-7(8(10)13-2)3-6(4-9-5)14(11)12/h3-4H,1-2H3,(H,11,12). The van der Waals surface area contributed by atoms with E-state index in [1.807, 2.05) is 0 Å². The zero-order valence-electron chi connectivity index (χ0n) is 7.68. The molecule has 0 fully saturated rings. The molecule has 0 saturated heterocycles. The average molecular weight is 215 g/mol. The monoisotopic (exact) mass is 215 g/mol. The SMILES string of the molecule is COC(=O)c1cc(S(=O)O)cnc1C. The van der Waals surface area contributed by atoms with Gasteiger partial charge in [0, 0.05) is 6.20 Å². The highest BCUT2D eigenvalue weighted by atomic mass is 32.2. The van der Waals surface area contributed by atoms with E-state index in [0.717, 1.165) is 0 Å². The molecular formula is C8H9NO4S. The van der Waals surface area contributed by atoms with E-state index in [2.05, 4.69) is 9.72 Å². The minimum atomic E-state index is -2.14. The Morgan fingerprint density at radius 3 is 2.79 bits per heavy atom. The molecule has 1 aromatic heterocycles. The molecule has 0 bridgehead atoms. The molecule has 0 aliphatic carbocycles. The van der Waals surface area contributed by atoms with Crippen LogP contribution >= 0.6 is 0 Å². The predicted octanol–water partition coefficient (Wildman–Crippen LogP) is 0.757. The van der Waals surface area contributed by atoms with Crippen molar-refractivity contribution in [3.05, 3.63) is 23.5 Å². The van der Waals surface area contributed by atoms with E-state index >= 15 is 0 Å². The molecule has 0 aromatic carbocycles. The van der Waals surface area contributed by atoms with E-state index in [4.69, 9.17) is 4.55 Å². The second-order valence-corrected chi connectivity index (χ2v) is 3.51. The average Bonchev–Trinajstić information content (AvgIpc) is 2.17. The molecule has 0 aliphatic rings. The van der Waals surface area contributed by atoms with Gasteiger partial charge in [-0.3, -0.25) is 4.98 Å². The number of carbonyl (C=O) groups is 1. The van der Waals surface area contributed by atoms with Crippen molar-refractivity contribution in [2.45, 2.75) is 11.8 Å². The highest BCUT2D eigenvalue weighted by molar-refractivity contribution is 7.79. The van der Waals surface area contributed by atoms with Gasteiger partial charge in [0.25, 0.3) is 0 Å². The van der Waals surface area contributed by atoms with Gasteiger partial charge in [0.1, 0.15) is 0 Å². The van der Waals surface area contributed by atoms with Crippen LogP contribution in [0, 0.1) is 6.92 Å². The summed E-state index contributed by atoms with van der Waals surface area (Å²) >= 11 is -2.14. The number of aryl methyl sites for hydroxylation is 1. The third-order valence-corrected chi connectivity index (χ3v) is 2.30. The van der Waals surface area contributed by atoms with Crippen LogP contribution in [0.3, 0.4) is 0 Å². The number of esters is 1. The van der Waals surface area contributed by atoms with Gasteiger partial charge in [-0.1, -0.05) is 0 Å². The molecule has 76 valence electrons. The van der Waals surface area contributed by atoms with Crippen molar-refractivity contribution in [3.63, 3.8) is 0 Å². The molecule has 6 heteroatoms. The van der Waals surface area contributed by atoms with E-state index in [1.54, 1.807) is 6.92 Å². The predicted molar refractivity (Wildman–Crippen MR) is 49.4 cm³/mol. The summed E-state index contributed by atoms with van der Waals surface area (Å²) in [4.78, 5) is 15.1. The van der Waals surface area contributed by atoms with Crippen LogP contribution in [-0.2, 0) is 15.8 Å². The summed E-state index contributed by atoms with van der Waals surface area (Å²) in [5.74, 6) is -0.567. The first-order valence-corrected chi connectivity index (χ1v) is 4.82. The summed E-state index contributed by atoms with van der Waals surface area (Å²) in [6, 6.07) is 1.30. The topological polar surface area (TPSA) is 76.5 Å². The smallest absolute Gasteiger partial charge is 0.339 e. The van der Waals surface area contributed by atoms with Gasteiger partial charge in [-0.2, -0.15) is 0 Å². The van der Waals surface area contributed by atoms with Gasteiger partial charge < -0.3 is 9.29 Å². The zero-order valence-corrected chi connectivity index (χ0v) is 8.50. The second kappa shape index (κ2) is 4.30. The van der Waals surface area contributed by atoms with Crippen LogP contribution in [0.15, 0.2) is 17.2 Å². The van der Waals surface area contributed by atoms with Gasteiger partial charge in [0.2, 0.25) is 0 Å².